The van der Waals surface area contributed by atoms with Gasteiger partial charge in [0.05, 0.1) is 35.0 Å². The van der Waals surface area contributed by atoms with Gasteiger partial charge in [-0.05, 0) is 54.5 Å². The summed E-state index contributed by atoms with van der Waals surface area (Å²) < 4.78 is 72.9. The zero-order chi connectivity index (χ0) is 27.8. The maximum Gasteiger partial charge on any atom is 0.416 e. The number of carbonyl (C=O) groups excluding carboxylic acids is 1. The molecule has 0 aliphatic carbocycles. The van der Waals surface area contributed by atoms with Gasteiger partial charge in [0.2, 0.25) is 10.0 Å². The van der Waals surface area contributed by atoms with Gasteiger partial charge in [-0.25, -0.2) is 13.1 Å². The highest BCUT2D eigenvalue weighted by atomic mass is 32.2. The number of benzene rings is 2. The molecule has 1 aromatic heterocycles. The SMILES string of the molecule is CC(C)(C)[Si](C)(C)Oc1ccc(NC(=O)c2cnn(-c3cccc(C(F)(F)F)c3)c2)cc1NS(C)(=O)=O. The quantitative estimate of drug-likeness (QED) is 0.354. The number of hydrogen-bond acceptors (Lipinski definition) is 5. The molecule has 0 aliphatic heterocycles. The van der Waals surface area contributed by atoms with E-state index in [1.807, 2.05) is 13.1 Å². The summed E-state index contributed by atoms with van der Waals surface area (Å²) in [6.45, 7) is 10.2. The molecule has 0 spiro atoms. The van der Waals surface area contributed by atoms with E-state index in [-0.39, 0.29) is 27.7 Å². The number of halogens is 3. The van der Waals surface area contributed by atoms with Crippen LogP contribution in [-0.2, 0) is 16.2 Å². The third-order valence-corrected chi connectivity index (χ3v) is 10.9. The lowest BCUT2D eigenvalue weighted by atomic mass is 10.2. The minimum absolute atomic E-state index is 0.0941. The molecule has 0 atom stereocenters. The van der Waals surface area contributed by atoms with Crippen LogP contribution < -0.4 is 14.5 Å². The molecule has 0 radical (unpaired) electrons. The summed E-state index contributed by atoms with van der Waals surface area (Å²) in [7, 11) is -5.95. The van der Waals surface area contributed by atoms with Gasteiger partial charge in [-0.2, -0.15) is 18.3 Å². The molecule has 0 saturated carbocycles. The molecule has 0 bridgehead atoms. The molecular weight excluding hydrogens is 525 g/mol. The molecule has 3 aromatic rings. The topological polar surface area (TPSA) is 102 Å². The van der Waals surface area contributed by atoms with Crippen LogP contribution in [0.15, 0.2) is 54.9 Å². The monoisotopic (exact) mass is 554 g/mol. The zero-order valence-electron chi connectivity index (χ0n) is 21.3. The number of alkyl halides is 3. The van der Waals surface area contributed by atoms with Crippen LogP contribution in [0.2, 0.25) is 18.1 Å². The molecule has 0 saturated heterocycles. The Labute approximate surface area is 215 Å². The van der Waals surface area contributed by atoms with Crippen molar-refractivity contribution >= 4 is 35.6 Å². The van der Waals surface area contributed by atoms with Gasteiger partial charge in [-0.3, -0.25) is 9.52 Å². The van der Waals surface area contributed by atoms with Crippen LogP contribution in [0.25, 0.3) is 5.69 Å². The highest BCUT2D eigenvalue weighted by Gasteiger charge is 2.39. The third kappa shape index (κ3) is 7.13. The zero-order valence-corrected chi connectivity index (χ0v) is 23.1. The first-order chi connectivity index (χ1) is 16.9. The molecule has 1 amide bonds. The minimum Gasteiger partial charge on any atom is -0.542 e. The standard InChI is InChI=1S/C24H29F3N4O4SSi/c1-23(2,3)37(5,6)35-21-11-10-18(13-20(21)30-36(4,33)34)29-22(32)16-14-28-31(15-16)19-9-7-8-17(12-19)24(25,26)27/h7-15,30H,1-6H3,(H,29,32). The number of sulfonamides is 1. The van der Waals surface area contributed by atoms with E-state index in [0.717, 1.165) is 23.1 Å². The van der Waals surface area contributed by atoms with Crippen LogP contribution >= 0.6 is 0 Å². The Hall–Kier alpha value is -3.32. The van der Waals surface area contributed by atoms with Crippen LogP contribution in [0.5, 0.6) is 5.75 Å². The summed E-state index contributed by atoms with van der Waals surface area (Å²) in [5, 5.41) is 6.51. The lowest BCUT2D eigenvalue weighted by molar-refractivity contribution is -0.137. The fourth-order valence-corrected chi connectivity index (χ4v) is 4.61. The highest BCUT2D eigenvalue weighted by molar-refractivity contribution is 7.92. The van der Waals surface area contributed by atoms with Crippen LogP contribution in [0.3, 0.4) is 0 Å². The largest absolute Gasteiger partial charge is 0.542 e. The normalized spacial score (nSPS) is 12.8. The number of anilines is 2. The molecule has 0 unspecified atom stereocenters. The first kappa shape index (κ1) is 28.3. The van der Waals surface area contributed by atoms with Crippen LogP contribution in [0.4, 0.5) is 24.5 Å². The Bertz CT molecular complexity index is 1410. The predicted octanol–water partition coefficient (Wildman–Crippen LogP) is 5.90. The summed E-state index contributed by atoms with van der Waals surface area (Å²) in [5.74, 6) is -0.242. The molecule has 8 nitrogen and oxygen atoms in total. The van der Waals surface area contributed by atoms with E-state index in [1.165, 1.54) is 30.6 Å². The minimum atomic E-state index is -4.51. The Morgan fingerprint density at radius 3 is 2.35 bits per heavy atom. The number of nitrogens with zero attached hydrogens (tertiary/aromatic N) is 2. The summed E-state index contributed by atoms with van der Waals surface area (Å²) in [6.07, 6.45) is -0.978. The average Bonchev–Trinajstić information content (AvgIpc) is 3.24. The molecule has 1 heterocycles. The number of carbonyl (C=O) groups is 1. The Morgan fingerprint density at radius 2 is 1.76 bits per heavy atom. The Morgan fingerprint density at radius 1 is 1.08 bits per heavy atom. The van der Waals surface area contributed by atoms with Gasteiger partial charge in [0.15, 0.2) is 0 Å². The number of hydrogen-bond donors (Lipinski definition) is 2. The summed E-state index contributed by atoms with van der Waals surface area (Å²) in [5.41, 5.74) is -0.148. The summed E-state index contributed by atoms with van der Waals surface area (Å²) >= 11 is 0. The van der Waals surface area contributed by atoms with Crippen molar-refractivity contribution in [3.05, 3.63) is 66.0 Å². The second-order valence-electron chi connectivity index (χ2n) is 10.1. The highest BCUT2D eigenvalue weighted by Crippen LogP contribution is 2.40. The van der Waals surface area contributed by atoms with Crippen molar-refractivity contribution in [1.82, 2.24) is 9.78 Å². The van der Waals surface area contributed by atoms with Gasteiger partial charge in [-0.1, -0.05) is 26.8 Å². The Balaban J connectivity index is 1.86. The molecule has 3 rings (SSSR count). The molecule has 2 N–H and O–H groups in total. The van der Waals surface area contributed by atoms with Gasteiger partial charge >= 0.3 is 6.18 Å². The van der Waals surface area contributed by atoms with Gasteiger partial charge in [0, 0.05) is 11.9 Å². The van der Waals surface area contributed by atoms with Crippen LogP contribution in [0.1, 0.15) is 36.7 Å². The second kappa shape index (κ2) is 9.86. The van der Waals surface area contributed by atoms with E-state index < -0.39 is 36.0 Å². The number of aromatic nitrogens is 2. The fourth-order valence-electron chi connectivity index (χ4n) is 3.01. The number of nitrogens with one attached hydrogen (secondary N) is 2. The summed E-state index contributed by atoms with van der Waals surface area (Å²) in [4.78, 5) is 12.8. The molecule has 13 heteroatoms. The molecule has 2 aromatic carbocycles. The molecular formula is C24H29F3N4O4SSi. The smallest absolute Gasteiger partial charge is 0.416 e. The lowest BCUT2D eigenvalue weighted by Gasteiger charge is -2.37. The van der Waals surface area contributed by atoms with Crippen molar-refractivity contribution in [1.29, 1.82) is 0 Å². The van der Waals surface area contributed by atoms with E-state index >= 15 is 0 Å². The van der Waals surface area contributed by atoms with E-state index in [0.29, 0.717) is 5.75 Å². The van der Waals surface area contributed by atoms with Gasteiger partial charge < -0.3 is 9.74 Å². The van der Waals surface area contributed by atoms with Crippen molar-refractivity contribution in [2.24, 2.45) is 0 Å². The lowest BCUT2D eigenvalue weighted by Crippen LogP contribution is -2.44. The second-order valence-corrected chi connectivity index (χ2v) is 16.6. The average molecular weight is 555 g/mol. The first-order valence-electron chi connectivity index (χ1n) is 11.2. The van der Waals surface area contributed by atoms with Gasteiger partial charge in [-0.15, -0.1) is 0 Å². The van der Waals surface area contributed by atoms with E-state index in [4.69, 9.17) is 4.43 Å². The number of amides is 1. The summed E-state index contributed by atoms with van der Waals surface area (Å²) in [6, 6.07) is 9.16. The van der Waals surface area contributed by atoms with Gasteiger partial charge in [0.1, 0.15) is 5.75 Å². The van der Waals surface area contributed by atoms with Crippen molar-refractivity contribution < 1.29 is 30.8 Å². The third-order valence-electron chi connectivity index (χ3n) is 5.99. The van der Waals surface area contributed by atoms with Crippen molar-refractivity contribution in [3.63, 3.8) is 0 Å². The van der Waals surface area contributed by atoms with E-state index in [1.54, 1.807) is 12.1 Å². The molecule has 200 valence electrons. The van der Waals surface area contributed by atoms with E-state index in [9.17, 15) is 26.4 Å². The van der Waals surface area contributed by atoms with Gasteiger partial charge in [0.25, 0.3) is 14.2 Å². The van der Waals surface area contributed by atoms with Crippen LogP contribution in [-0.4, -0.2) is 38.7 Å². The van der Waals surface area contributed by atoms with Crippen LogP contribution in [0, 0.1) is 0 Å². The molecule has 37 heavy (non-hydrogen) atoms. The van der Waals surface area contributed by atoms with E-state index in [2.05, 4.69) is 35.9 Å². The maximum atomic E-state index is 13.0. The van der Waals surface area contributed by atoms with Crippen molar-refractivity contribution in [3.8, 4) is 11.4 Å². The maximum absolute atomic E-state index is 13.0. The molecule has 0 fully saturated rings. The molecule has 0 aliphatic rings. The van der Waals surface area contributed by atoms with Crippen molar-refractivity contribution in [2.45, 2.75) is 45.1 Å². The first-order valence-corrected chi connectivity index (χ1v) is 16.0. The fraction of sp³-hybridized carbons (Fsp3) is 0.333. The Kier molecular flexibility index (Phi) is 7.53. The van der Waals surface area contributed by atoms with Crippen molar-refractivity contribution in [2.75, 3.05) is 16.3 Å². The number of rotatable bonds is 7. The predicted molar refractivity (Wildman–Crippen MR) is 139 cm³/mol.